The van der Waals surface area contributed by atoms with E-state index in [0.29, 0.717) is 19.5 Å². The molecule has 1 aromatic rings. The van der Waals surface area contributed by atoms with Crippen LogP contribution in [0.2, 0.25) is 0 Å². The van der Waals surface area contributed by atoms with Crippen molar-refractivity contribution in [3.8, 4) is 5.75 Å². The average molecular weight is 376 g/mol. The van der Waals surface area contributed by atoms with Gasteiger partial charge < -0.3 is 19.7 Å². The van der Waals surface area contributed by atoms with Gasteiger partial charge in [-0.15, -0.1) is 0 Å². The highest BCUT2D eigenvalue weighted by atomic mass is 19.1. The lowest BCUT2D eigenvalue weighted by Crippen LogP contribution is -2.48. The van der Waals surface area contributed by atoms with Gasteiger partial charge in [0.15, 0.2) is 18.2 Å². The van der Waals surface area contributed by atoms with E-state index in [1.807, 2.05) is 0 Å². The number of ether oxygens (including phenoxy) is 2. The summed E-state index contributed by atoms with van der Waals surface area (Å²) >= 11 is 0. The Morgan fingerprint density at radius 3 is 2.85 bits per heavy atom. The molecule has 1 N–H and O–H groups in total. The number of hydrogen-bond donors (Lipinski definition) is 1. The number of nitrogens with one attached hydrogen (secondary N) is 1. The van der Waals surface area contributed by atoms with Crippen molar-refractivity contribution >= 4 is 11.8 Å². The SMILES string of the molecule is O=C(NCC1CCCO1)[C@H]1CC2(CC2)CN1C(=O)COc1ccccc1F. The molecule has 146 valence electrons. The molecule has 1 aliphatic carbocycles. The monoisotopic (exact) mass is 376 g/mol. The van der Waals surface area contributed by atoms with Crippen molar-refractivity contribution in [1.82, 2.24) is 10.2 Å². The van der Waals surface area contributed by atoms with Gasteiger partial charge in [0.25, 0.3) is 5.91 Å². The summed E-state index contributed by atoms with van der Waals surface area (Å²) in [4.78, 5) is 27.0. The molecule has 27 heavy (non-hydrogen) atoms. The van der Waals surface area contributed by atoms with E-state index < -0.39 is 11.9 Å². The molecule has 1 unspecified atom stereocenters. The molecule has 0 radical (unpaired) electrons. The van der Waals surface area contributed by atoms with Crippen LogP contribution >= 0.6 is 0 Å². The van der Waals surface area contributed by atoms with E-state index in [1.165, 1.54) is 12.1 Å². The van der Waals surface area contributed by atoms with Crippen molar-refractivity contribution in [1.29, 1.82) is 0 Å². The Balaban J connectivity index is 1.36. The molecule has 1 saturated carbocycles. The van der Waals surface area contributed by atoms with Gasteiger partial charge in [-0.25, -0.2) is 4.39 Å². The molecule has 2 atom stereocenters. The van der Waals surface area contributed by atoms with E-state index in [2.05, 4.69) is 5.32 Å². The zero-order chi connectivity index (χ0) is 18.9. The second-order valence-electron chi connectivity index (χ2n) is 7.84. The van der Waals surface area contributed by atoms with E-state index in [0.717, 1.165) is 32.3 Å². The van der Waals surface area contributed by atoms with E-state index >= 15 is 0 Å². The van der Waals surface area contributed by atoms with Crippen LogP contribution in [0.3, 0.4) is 0 Å². The lowest BCUT2D eigenvalue weighted by atomic mass is 10.0. The van der Waals surface area contributed by atoms with Crippen LogP contribution < -0.4 is 10.1 Å². The summed E-state index contributed by atoms with van der Waals surface area (Å²) in [6.07, 6.45) is 4.81. The van der Waals surface area contributed by atoms with Crippen LogP contribution in [-0.2, 0) is 14.3 Å². The fraction of sp³-hybridized carbons (Fsp3) is 0.600. The van der Waals surface area contributed by atoms with Gasteiger partial charge in [0.05, 0.1) is 6.10 Å². The maximum atomic E-state index is 13.7. The summed E-state index contributed by atoms with van der Waals surface area (Å²) in [7, 11) is 0. The van der Waals surface area contributed by atoms with E-state index in [4.69, 9.17) is 9.47 Å². The van der Waals surface area contributed by atoms with Crippen molar-refractivity contribution < 1.29 is 23.5 Å². The number of carbonyl (C=O) groups is 2. The number of benzene rings is 1. The fourth-order valence-corrected chi connectivity index (χ4v) is 4.01. The largest absolute Gasteiger partial charge is 0.481 e. The normalized spacial score (nSPS) is 25.6. The Morgan fingerprint density at radius 2 is 2.15 bits per heavy atom. The lowest BCUT2D eigenvalue weighted by molar-refractivity contribution is -0.140. The zero-order valence-corrected chi connectivity index (χ0v) is 15.3. The number of hydrogen-bond acceptors (Lipinski definition) is 4. The minimum Gasteiger partial charge on any atom is -0.481 e. The van der Waals surface area contributed by atoms with Crippen molar-refractivity contribution in [2.75, 3.05) is 26.3 Å². The molecule has 1 aromatic carbocycles. The molecular formula is C20H25FN2O4. The van der Waals surface area contributed by atoms with Gasteiger partial charge in [0.1, 0.15) is 6.04 Å². The van der Waals surface area contributed by atoms with Gasteiger partial charge in [-0.05, 0) is 49.7 Å². The third-order valence-electron chi connectivity index (χ3n) is 5.80. The molecule has 2 saturated heterocycles. The van der Waals surface area contributed by atoms with Gasteiger partial charge in [-0.1, -0.05) is 12.1 Å². The molecule has 3 aliphatic rings. The van der Waals surface area contributed by atoms with Gasteiger partial charge in [0.2, 0.25) is 5.91 Å². The zero-order valence-electron chi connectivity index (χ0n) is 15.3. The molecule has 2 heterocycles. The maximum absolute atomic E-state index is 13.7. The molecule has 2 amide bonds. The quantitative estimate of drug-likeness (QED) is 0.823. The molecule has 6 nitrogen and oxygen atoms in total. The smallest absolute Gasteiger partial charge is 0.261 e. The third-order valence-corrected chi connectivity index (χ3v) is 5.80. The Labute approximate surface area is 158 Å². The minimum atomic E-state index is -0.503. The van der Waals surface area contributed by atoms with E-state index in [9.17, 15) is 14.0 Å². The Morgan fingerprint density at radius 1 is 1.33 bits per heavy atom. The Kier molecular flexibility index (Phi) is 5.04. The van der Waals surface area contributed by atoms with Crippen molar-refractivity contribution in [2.45, 2.75) is 44.2 Å². The number of likely N-dealkylation sites (tertiary alicyclic amines) is 1. The predicted octanol–water partition coefficient (Wildman–Crippen LogP) is 1.88. The van der Waals surface area contributed by atoms with Gasteiger partial charge in [-0.3, -0.25) is 9.59 Å². The van der Waals surface area contributed by atoms with Crippen molar-refractivity contribution in [3.63, 3.8) is 0 Å². The second kappa shape index (κ2) is 7.46. The average Bonchev–Trinajstić information content (AvgIpc) is 3.07. The first kappa shape index (κ1) is 18.2. The Bertz CT molecular complexity index is 716. The highest BCUT2D eigenvalue weighted by molar-refractivity contribution is 5.89. The lowest BCUT2D eigenvalue weighted by Gasteiger charge is -2.24. The molecular weight excluding hydrogens is 351 g/mol. The van der Waals surface area contributed by atoms with Crippen LogP contribution in [0, 0.1) is 11.2 Å². The summed E-state index contributed by atoms with van der Waals surface area (Å²) in [5.74, 6) is -0.866. The molecule has 4 rings (SSSR count). The third kappa shape index (κ3) is 4.08. The molecule has 2 aliphatic heterocycles. The summed E-state index contributed by atoms with van der Waals surface area (Å²) in [6, 6.07) is 5.51. The van der Waals surface area contributed by atoms with Crippen molar-refractivity contribution in [3.05, 3.63) is 30.1 Å². The highest BCUT2D eigenvalue weighted by Gasteiger charge is 2.55. The van der Waals surface area contributed by atoms with Crippen LogP contribution in [0.4, 0.5) is 4.39 Å². The number of para-hydroxylation sites is 1. The molecule has 1 spiro atoms. The first-order valence-electron chi connectivity index (χ1n) is 9.62. The first-order valence-corrected chi connectivity index (χ1v) is 9.62. The predicted molar refractivity (Wildman–Crippen MR) is 95.7 cm³/mol. The van der Waals surface area contributed by atoms with Crippen LogP contribution in [-0.4, -0.2) is 55.2 Å². The molecule has 0 aromatic heterocycles. The van der Waals surface area contributed by atoms with Gasteiger partial charge in [0, 0.05) is 19.7 Å². The van der Waals surface area contributed by atoms with Crippen LogP contribution in [0.1, 0.15) is 32.1 Å². The number of rotatable bonds is 6. The molecule has 0 bridgehead atoms. The minimum absolute atomic E-state index is 0.0468. The van der Waals surface area contributed by atoms with Gasteiger partial charge >= 0.3 is 0 Å². The van der Waals surface area contributed by atoms with Gasteiger partial charge in [-0.2, -0.15) is 0 Å². The maximum Gasteiger partial charge on any atom is 0.261 e. The summed E-state index contributed by atoms with van der Waals surface area (Å²) in [5, 5.41) is 2.94. The number of halogens is 1. The summed E-state index contributed by atoms with van der Waals surface area (Å²) in [5.41, 5.74) is 0.0829. The van der Waals surface area contributed by atoms with Crippen LogP contribution in [0.25, 0.3) is 0 Å². The fourth-order valence-electron chi connectivity index (χ4n) is 4.01. The van der Waals surface area contributed by atoms with Crippen LogP contribution in [0.15, 0.2) is 24.3 Å². The first-order chi connectivity index (χ1) is 13.1. The topological polar surface area (TPSA) is 67.9 Å². The number of nitrogens with zero attached hydrogens (tertiary/aromatic N) is 1. The number of carbonyl (C=O) groups excluding carboxylic acids is 2. The van der Waals surface area contributed by atoms with Crippen molar-refractivity contribution in [2.24, 2.45) is 5.41 Å². The summed E-state index contributed by atoms with van der Waals surface area (Å²) < 4.78 is 24.6. The molecule has 7 heteroatoms. The number of amides is 2. The standard InChI is InChI=1S/C20H25FN2O4/c21-15-5-1-2-6-17(15)27-12-18(24)23-13-20(7-8-20)10-16(23)19(25)22-11-14-4-3-9-26-14/h1-2,5-6,14,16H,3-4,7-13H2,(H,22,25)/t14?,16-/m1/s1. The van der Waals surface area contributed by atoms with Crippen LogP contribution in [0.5, 0.6) is 5.75 Å². The van der Waals surface area contributed by atoms with E-state index in [-0.39, 0.29) is 35.7 Å². The second-order valence-corrected chi connectivity index (χ2v) is 7.84. The van der Waals surface area contributed by atoms with E-state index in [1.54, 1.807) is 17.0 Å². The Hall–Kier alpha value is -2.15. The summed E-state index contributed by atoms with van der Waals surface area (Å²) in [6.45, 7) is 1.53. The highest BCUT2D eigenvalue weighted by Crippen LogP contribution is 2.54. The molecule has 3 fully saturated rings.